The Labute approximate surface area is 234 Å². The fourth-order valence-corrected chi connectivity index (χ4v) is 6.24. The van der Waals surface area contributed by atoms with Crippen LogP contribution in [0.15, 0.2) is 36.4 Å². The molecule has 204 valence electrons. The lowest BCUT2D eigenvalue weighted by atomic mass is 9.96. The first kappa shape index (κ1) is 32.0. The van der Waals surface area contributed by atoms with E-state index in [4.69, 9.17) is 34.8 Å². The Balaban J connectivity index is 2.38. The highest BCUT2D eigenvalue weighted by molar-refractivity contribution is 8.17. The Morgan fingerprint density at radius 2 is 1.54 bits per heavy atom. The number of allylic oxidation sites excluding steroid dienone is 1. The van der Waals surface area contributed by atoms with Crippen LogP contribution in [0.25, 0.3) is 6.08 Å². The molecule has 2 nitrogen and oxygen atoms in total. The lowest BCUT2D eigenvalue weighted by Crippen LogP contribution is -2.31. The summed E-state index contributed by atoms with van der Waals surface area (Å²) in [6.07, 6.45) is -8.11. The molecular formula is C24H22Cl3F6NOS2. The van der Waals surface area contributed by atoms with Crippen LogP contribution in [0.2, 0.25) is 15.1 Å². The molecule has 0 aliphatic carbocycles. The summed E-state index contributed by atoms with van der Waals surface area (Å²) in [4.78, 5) is 12.6. The maximum atomic E-state index is 13.8. The number of halogens is 9. The number of hydrogen-bond donors (Lipinski definition) is 1. The average molecular weight is 625 g/mol. The Kier molecular flexibility index (Phi) is 11.9. The monoisotopic (exact) mass is 623 g/mol. The van der Waals surface area contributed by atoms with Crippen LogP contribution in [0.5, 0.6) is 0 Å². The van der Waals surface area contributed by atoms with Gasteiger partial charge in [-0.15, -0.1) is 23.5 Å². The zero-order chi connectivity index (χ0) is 28.0. The van der Waals surface area contributed by atoms with Crippen LogP contribution in [-0.4, -0.2) is 34.7 Å². The summed E-state index contributed by atoms with van der Waals surface area (Å²) in [5.74, 6) is -1.59. The van der Waals surface area contributed by atoms with Gasteiger partial charge in [0.15, 0.2) is 0 Å². The minimum absolute atomic E-state index is 0.0235. The van der Waals surface area contributed by atoms with Crippen LogP contribution >= 0.6 is 58.3 Å². The molecular weight excluding hydrogens is 603 g/mol. The van der Waals surface area contributed by atoms with Crippen molar-refractivity contribution in [3.63, 3.8) is 0 Å². The van der Waals surface area contributed by atoms with Crippen LogP contribution in [0.4, 0.5) is 26.3 Å². The predicted molar refractivity (Wildman–Crippen MR) is 143 cm³/mol. The first-order valence-electron chi connectivity index (χ1n) is 10.8. The van der Waals surface area contributed by atoms with Crippen molar-refractivity contribution < 1.29 is 31.1 Å². The molecule has 1 amide bonds. The van der Waals surface area contributed by atoms with Crippen molar-refractivity contribution in [2.24, 2.45) is 0 Å². The van der Waals surface area contributed by atoms with Crippen LogP contribution < -0.4 is 5.32 Å². The molecule has 2 aromatic carbocycles. The Morgan fingerprint density at radius 3 is 2.03 bits per heavy atom. The summed E-state index contributed by atoms with van der Waals surface area (Å²) in [6, 6.07) is 4.72. The van der Waals surface area contributed by atoms with Crippen molar-refractivity contribution >= 4 is 70.3 Å². The van der Waals surface area contributed by atoms with E-state index in [0.717, 1.165) is 41.8 Å². The molecule has 1 unspecified atom stereocenters. The highest BCUT2D eigenvalue weighted by Crippen LogP contribution is 2.41. The molecule has 0 saturated carbocycles. The smallest absolute Gasteiger partial charge is 0.350 e. The molecule has 0 aliphatic rings. The first-order chi connectivity index (χ1) is 17.2. The van der Waals surface area contributed by atoms with Crippen LogP contribution in [0.3, 0.4) is 0 Å². The van der Waals surface area contributed by atoms with Crippen molar-refractivity contribution in [1.29, 1.82) is 0 Å². The van der Waals surface area contributed by atoms with Gasteiger partial charge in [-0.05, 0) is 46.9 Å². The number of alkyl halides is 6. The normalized spacial score (nSPS) is 13.4. The average Bonchev–Trinajstić information content (AvgIpc) is 2.79. The van der Waals surface area contributed by atoms with Crippen LogP contribution in [0, 0.1) is 0 Å². The van der Waals surface area contributed by atoms with Gasteiger partial charge in [-0.25, -0.2) is 0 Å². The highest BCUT2D eigenvalue weighted by Gasteiger charge is 2.40. The number of thioether (sulfide) groups is 2. The second-order valence-electron chi connectivity index (χ2n) is 7.53. The highest BCUT2D eigenvalue weighted by atomic mass is 35.5. The zero-order valence-corrected chi connectivity index (χ0v) is 23.3. The fraction of sp³-hybridized carbons (Fsp3) is 0.375. The summed E-state index contributed by atoms with van der Waals surface area (Å²) >= 11 is 20.6. The summed E-state index contributed by atoms with van der Waals surface area (Å²) in [6.45, 7) is 4.03. The third-order valence-electron chi connectivity index (χ3n) is 4.93. The second kappa shape index (κ2) is 13.7. The lowest BCUT2D eigenvalue weighted by Gasteiger charge is -2.19. The third kappa shape index (κ3) is 9.20. The van der Waals surface area contributed by atoms with E-state index in [1.54, 1.807) is 23.5 Å². The third-order valence-corrected chi connectivity index (χ3v) is 8.68. The molecule has 0 fully saturated rings. The van der Waals surface area contributed by atoms with Gasteiger partial charge in [0.1, 0.15) is 0 Å². The second-order valence-corrected chi connectivity index (χ2v) is 12.0. The first-order valence-corrected chi connectivity index (χ1v) is 14.0. The Morgan fingerprint density at radius 1 is 0.973 bits per heavy atom. The minimum Gasteiger partial charge on any atom is -0.350 e. The van der Waals surface area contributed by atoms with E-state index in [2.05, 4.69) is 5.32 Å². The molecule has 37 heavy (non-hydrogen) atoms. The largest absolute Gasteiger partial charge is 0.417 e. The maximum Gasteiger partial charge on any atom is 0.417 e. The Bertz CT molecular complexity index is 1100. The van der Waals surface area contributed by atoms with Gasteiger partial charge < -0.3 is 5.32 Å². The van der Waals surface area contributed by atoms with Crippen molar-refractivity contribution in [2.75, 3.05) is 18.1 Å². The van der Waals surface area contributed by atoms with E-state index in [1.807, 2.05) is 13.8 Å². The molecule has 13 heteroatoms. The van der Waals surface area contributed by atoms with Gasteiger partial charge in [0.25, 0.3) is 5.91 Å². The van der Waals surface area contributed by atoms with E-state index in [0.29, 0.717) is 12.1 Å². The topological polar surface area (TPSA) is 29.1 Å². The fourth-order valence-electron chi connectivity index (χ4n) is 3.28. The van der Waals surface area contributed by atoms with Crippen LogP contribution in [0.1, 0.15) is 46.8 Å². The molecule has 0 bridgehead atoms. The SMILES string of the molecule is CCSC(CNC(=O)c1ccc(/C=C/C(c2cc(Cl)c(Cl)c(Cl)c2)C(F)(F)F)cc1C(F)(F)F)SCC. The number of amides is 1. The maximum absolute atomic E-state index is 13.8. The van der Waals surface area contributed by atoms with Gasteiger partial charge in [0.05, 0.1) is 36.7 Å². The van der Waals surface area contributed by atoms with Crippen LogP contribution in [-0.2, 0) is 6.18 Å². The summed E-state index contributed by atoms with van der Waals surface area (Å²) in [5, 5.41) is 2.02. The van der Waals surface area contributed by atoms with Gasteiger partial charge >= 0.3 is 12.4 Å². The van der Waals surface area contributed by atoms with Gasteiger partial charge in [-0.2, -0.15) is 26.3 Å². The van der Waals surface area contributed by atoms with Gasteiger partial charge in [-0.3, -0.25) is 4.79 Å². The quantitative estimate of drug-likeness (QED) is 0.162. The molecule has 2 rings (SSSR count). The molecule has 0 heterocycles. The van der Waals surface area contributed by atoms with Crippen molar-refractivity contribution in [3.05, 3.63) is 73.7 Å². The molecule has 1 atom stereocenters. The molecule has 1 N–H and O–H groups in total. The van der Waals surface area contributed by atoms with Crippen molar-refractivity contribution in [2.45, 2.75) is 36.7 Å². The molecule has 0 spiro atoms. The summed E-state index contributed by atoms with van der Waals surface area (Å²) in [7, 11) is 0. The standard InChI is InChI=1S/C24H22Cl3F6NOS2/c1-3-36-20(37-4-2)12-34-22(35)15-7-5-13(9-17(15)24(31,32)33)6-8-16(23(28,29)30)14-10-18(25)21(27)19(26)11-14/h5-11,16,20H,3-4,12H2,1-2H3,(H,34,35)/b8-6+. The Hall–Kier alpha value is -1.20. The van der Waals surface area contributed by atoms with E-state index in [-0.39, 0.29) is 37.3 Å². The van der Waals surface area contributed by atoms with Crippen molar-refractivity contribution in [3.8, 4) is 0 Å². The number of benzene rings is 2. The number of hydrogen-bond acceptors (Lipinski definition) is 3. The summed E-state index contributed by atoms with van der Waals surface area (Å²) < 4.78 is 82.6. The molecule has 0 radical (unpaired) electrons. The van der Waals surface area contributed by atoms with Crippen molar-refractivity contribution in [1.82, 2.24) is 5.32 Å². The summed E-state index contributed by atoms with van der Waals surface area (Å²) in [5.41, 5.74) is -2.38. The molecule has 0 aromatic heterocycles. The molecule has 0 aliphatic heterocycles. The van der Waals surface area contributed by atoms with Gasteiger partial charge in [-0.1, -0.05) is 66.9 Å². The van der Waals surface area contributed by atoms with E-state index >= 15 is 0 Å². The van der Waals surface area contributed by atoms with E-state index in [9.17, 15) is 31.1 Å². The molecule has 2 aromatic rings. The lowest BCUT2D eigenvalue weighted by molar-refractivity contribution is -0.139. The predicted octanol–water partition coefficient (Wildman–Crippen LogP) is 9.59. The van der Waals surface area contributed by atoms with E-state index < -0.39 is 35.3 Å². The van der Waals surface area contributed by atoms with Gasteiger partial charge in [0.2, 0.25) is 0 Å². The minimum atomic E-state index is -4.91. The van der Waals surface area contributed by atoms with Gasteiger partial charge in [0, 0.05) is 6.54 Å². The number of nitrogens with one attached hydrogen (secondary N) is 1. The zero-order valence-electron chi connectivity index (χ0n) is 19.4. The molecule has 0 saturated heterocycles. The van der Waals surface area contributed by atoms with E-state index in [1.165, 1.54) is 0 Å². The number of rotatable bonds is 10. The number of carbonyl (C=O) groups is 1. The number of carbonyl (C=O) groups excluding carboxylic acids is 1.